The zero-order valence-electron chi connectivity index (χ0n) is 8.87. The van der Waals surface area contributed by atoms with Crippen LogP contribution in [0.4, 0.5) is 5.95 Å². The van der Waals surface area contributed by atoms with Gasteiger partial charge in [-0.2, -0.15) is 0 Å². The first kappa shape index (κ1) is 8.16. The van der Waals surface area contributed by atoms with Crippen LogP contribution in [0.5, 0.6) is 0 Å². The van der Waals surface area contributed by atoms with E-state index in [1.165, 1.54) is 17.0 Å². The van der Waals surface area contributed by atoms with Crippen LogP contribution in [0.25, 0.3) is 17.2 Å². The maximum absolute atomic E-state index is 2.36. The molecule has 2 aliphatic heterocycles. The van der Waals surface area contributed by atoms with Crippen LogP contribution < -0.4 is 9.47 Å². The number of benzene rings is 1. The van der Waals surface area contributed by atoms with Gasteiger partial charge >= 0.3 is 5.95 Å². The second kappa shape index (κ2) is 2.76. The Morgan fingerprint density at radius 3 is 3.00 bits per heavy atom. The fourth-order valence-electron chi connectivity index (χ4n) is 2.62. The van der Waals surface area contributed by atoms with Crippen LogP contribution in [-0.2, 0) is 6.54 Å². The highest BCUT2D eigenvalue weighted by Gasteiger charge is 2.30. The molecule has 0 radical (unpaired) electrons. The zero-order chi connectivity index (χ0) is 10.5. The maximum atomic E-state index is 2.36. The number of allylic oxidation sites excluding steroid dienone is 1. The Bertz CT molecular complexity index is 634. The number of hydrogen-bond donors (Lipinski definition) is 0. The molecule has 0 amide bonds. The van der Waals surface area contributed by atoms with Gasteiger partial charge in [-0.3, -0.25) is 0 Å². The molecule has 1 aromatic carbocycles. The van der Waals surface area contributed by atoms with Crippen molar-refractivity contribution >= 4 is 23.2 Å². The molecule has 3 heterocycles. The number of rotatable bonds is 0. The van der Waals surface area contributed by atoms with Crippen molar-refractivity contribution in [3.05, 3.63) is 42.6 Å². The van der Waals surface area contributed by atoms with E-state index in [1.807, 2.05) is 0 Å². The summed E-state index contributed by atoms with van der Waals surface area (Å²) in [6.07, 6.45) is 8.75. The van der Waals surface area contributed by atoms with Crippen molar-refractivity contribution in [1.29, 1.82) is 0 Å². The monoisotopic (exact) mass is 210 g/mol. The molecule has 3 heteroatoms. The van der Waals surface area contributed by atoms with Crippen LogP contribution in [0.2, 0.25) is 0 Å². The molecule has 4 rings (SSSR count). The van der Waals surface area contributed by atoms with Crippen molar-refractivity contribution in [2.45, 2.75) is 6.54 Å². The van der Waals surface area contributed by atoms with Crippen LogP contribution in [0.3, 0.4) is 0 Å². The first-order valence-electron chi connectivity index (χ1n) is 5.58. The molecule has 0 fully saturated rings. The molecular weight excluding hydrogens is 198 g/mol. The maximum Gasteiger partial charge on any atom is 0.370 e. The van der Waals surface area contributed by atoms with E-state index in [0.29, 0.717) is 0 Å². The van der Waals surface area contributed by atoms with Crippen LogP contribution in [0.1, 0.15) is 0 Å². The zero-order valence-corrected chi connectivity index (χ0v) is 8.87. The van der Waals surface area contributed by atoms with Crippen molar-refractivity contribution in [1.82, 2.24) is 4.57 Å². The molecule has 0 saturated carbocycles. The largest absolute Gasteiger partial charge is 0.370 e. The van der Waals surface area contributed by atoms with E-state index in [1.54, 1.807) is 0 Å². The molecule has 0 bridgehead atoms. The van der Waals surface area contributed by atoms with Gasteiger partial charge in [0.05, 0.1) is 25.5 Å². The lowest BCUT2D eigenvalue weighted by Crippen LogP contribution is -2.40. The minimum Gasteiger partial charge on any atom is -0.234 e. The fraction of sp³-hybridized carbons (Fsp3) is 0.154. The molecule has 0 saturated heterocycles. The Labute approximate surface area is 93.5 Å². The standard InChI is InChI=1S/C13H12N3/c1-2-6-12-11(5-1)15-9-3-7-14-8-4-10-16(12)13(14)15/h1-7,10H,8-9H2/q+1. The lowest BCUT2D eigenvalue weighted by atomic mass is 10.3. The Balaban J connectivity index is 2.20. The van der Waals surface area contributed by atoms with Crippen molar-refractivity contribution in [3.63, 3.8) is 0 Å². The number of aromatic nitrogens is 2. The second-order valence-corrected chi connectivity index (χ2v) is 4.19. The summed E-state index contributed by atoms with van der Waals surface area (Å²) in [6.45, 7) is 1.93. The van der Waals surface area contributed by atoms with Gasteiger partial charge < -0.3 is 0 Å². The fourth-order valence-corrected chi connectivity index (χ4v) is 2.62. The molecular formula is C13H12N3+. The summed E-state index contributed by atoms with van der Waals surface area (Å²) in [6, 6.07) is 8.56. The minimum atomic E-state index is 0.965. The predicted octanol–water partition coefficient (Wildman–Crippen LogP) is 1.75. The molecule has 16 heavy (non-hydrogen) atoms. The van der Waals surface area contributed by atoms with Crippen molar-refractivity contribution < 1.29 is 4.57 Å². The van der Waals surface area contributed by atoms with Gasteiger partial charge in [-0.25, -0.2) is 14.0 Å². The third-order valence-corrected chi connectivity index (χ3v) is 3.28. The SMILES string of the molecule is C1=C[n+]2c3n(c4ccccc42)CC=CN3C1. The quantitative estimate of drug-likeness (QED) is 0.603. The van der Waals surface area contributed by atoms with Gasteiger partial charge in [0.2, 0.25) is 0 Å². The van der Waals surface area contributed by atoms with Gasteiger partial charge in [0.1, 0.15) is 11.0 Å². The number of fused-ring (bicyclic) bond motifs is 3. The van der Waals surface area contributed by atoms with Gasteiger partial charge in [-0.15, -0.1) is 0 Å². The Morgan fingerprint density at radius 1 is 1.06 bits per heavy atom. The van der Waals surface area contributed by atoms with Crippen molar-refractivity contribution in [2.24, 2.45) is 0 Å². The third-order valence-electron chi connectivity index (χ3n) is 3.28. The molecule has 0 spiro atoms. The molecule has 0 aliphatic carbocycles. The Kier molecular flexibility index (Phi) is 1.41. The molecule has 2 aromatic rings. The van der Waals surface area contributed by atoms with Crippen molar-refractivity contribution in [2.75, 3.05) is 11.4 Å². The predicted molar refractivity (Wildman–Crippen MR) is 63.9 cm³/mol. The molecule has 0 N–H and O–H groups in total. The number of para-hydroxylation sites is 2. The van der Waals surface area contributed by atoms with Gasteiger partial charge in [0.25, 0.3) is 0 Å². The summed E-state index contributed by atoms with van der Waals surface area (Å²) < 4.78 is 4.63. The summed E-state index contributed by atoms with van der Waals surface area (Å²) >= 11 is 0. The number of anilines is 1. The molecule has 0 unspecified atom stereocenters. The summed E-state index contributed by atoms with van der Waals surface area (Å²) in [5.74, 6) is 1.27. The van der Waals surface area contributed by atoms with Crippen LogP contribution >= 0.6 is 0 Å². The minimum absolute atomic E-state index is 0.965. The average Bonchev–Trinajstić information content (AvgIpc) is 2.68. The van der Waals surface area contributed by atoms with E-state index >= 15 is 0 Å². The average molecular weight is 210 g/mol. The van der Waals surface area contributed by atoms with Gasteiger partial charge in [0, 0.05) is 0 Å². The van der Waals surface area contributed by atoms with Crippen LogP contribution in [-0.4, -0.2) is 11.1 Å². The van der Waals surface area contributed by atoms with E-state index in [4.69, 9.17) is 0 Å². The summed E-state index contributed by atoms with van der Waals surface area (Å²) in [5, 5.41) is 0. The molecule has 2 aliphatic rings. The first-order chi connectivity index (χ1) is 7.95. The molecule has 78 valence electrons. The molecule has 3 nitrogen and oxygen atoms in total. The van der Waals surface area contributed by atoms with Gasteiger partial charge in [-0.1, -0.05) is 12.1 Å². The Morgan fingerprint density at radius 2 is 2.00 bits per heavy atom. The third kappa shape index (κ3) is 0.858. The van der Waals surface area contributed by atoms with E-state index in [2.05, 4.69) is 62.9 Å². The topological polar surface area (TPSA) is 12.0 Å². The normalized spacial score (nSPS) is 16.9. The lowest BCUT2D eigenvalue weighted by molar-refractivity contribution is -0.527. The van der Waals surface area contributed by atoms with Crippen molar-refractivity contribution in [3.8, 4) is 0 Å². The summed E-state index contributed by atoms with van der Waals surface area (Å²) in [4.78, 5) is 2.28. The van der Waals surface area contributed by atoms with Crippen LogP contribution in [0, 0.1) is 0 Å². The molecule has 1 aromatic heterocycles. The van der Waals surface area contributed by atoms with Crippen LogP contribution in [0.15, 0.2) is 42.6 Å². The van der Waals surface area contributed by atoms with E-state index in [9.17, 15) is 0 Å². The summed E-state index contributed by atoms with van der Waals surface area (Å²) in [7, 11) is 0. The Hall–Kier alpha value is -2.03. The summed E-state index contributed by atoms with van der Waals surface area (Å²) in [5.41, 5.74) is 2.58. The second-order valence-electron chi connectivity index (χ2n) is 4.19. The highest BCUT2D eigenvalue weighted by atomic mass is 15.4. The molecule has 0 atom stereocenters. The van der Waals surface area contributed by atoms with E-state index < -0.39 is 0 Å². The van der Waals surface area contributed by atoms with E-state index in [-0.39, 0.29) is 0 Å². The number of imidazole rings is 1. The van der Waals surface area contributed by atoms with Gasteiger partial charge in [-0.05, 0) is 24.3 Å². The highest BCUT2D eigenvalue weighted by Crippen LogP contribution is 2.25. The van der Waals surface area contributed by atoms with Gasteiger partial charge in [0.15, 0.2) is 0 Å². The smallest absolute Gasteiger partial charge is 0.234 e. The highest BCUT2D eigenvalue weighted by molar-refractivity contribution is 5.76. The first-order valence-corrected chi connectivity index (χ1v) is 5.58. The van der Waals surface area contributed by atoms with E-state index in [0.717, 1.165) is 13.1 Å². The number of nitrogens with zero attached hydrogens (tertiary/aromatic N) is 3. The lowest BCUT2D eigenvalue weighted by Gasteiger charge is -2.19. The number of hydrogen-bond acceptors (Lipinski definition) is 1.